The van der Waals surface area contributed by atoms with E-state index in [1.165, 1.54) is 11.2 Å². The van der Waals surface area contributed by atoms with Crippen LogP contribution in [0.3, 0.4) is 0 Å². The van der Waals surface area contributed by atoms with E-state index in [2.05, 4.69) is 0 Å². The summed E-state index contributed by atoms with van der Waals surface area (Å²) in [5.41, 5.74) is 1.56. The summed E-state index contributed by atoms with van der Waals surface area (Å²) in [7, 11) is -0.827. The van der Waals surface area contributed by atoms with Crippen LogP contribution in [0.1, 0.15) is 37.8 Å². The molecular formula is C23H31NO6S. The molecule has 0 aliphatic rings. The zero-order chi connectivity index (χ0) is 22.9. The van der Waals surface area contributed by atoms with Crippen LogP contribution in [0, 0.1) is 0 Å². The Morgan fingerprint density at radius 1 is 0.903 bits per heavy atom. The van der Waals surface area contributed by atoms with Gasteiger partial charge in [-0.05, 0) is 48.7 Å². The molecule has 0 aromatic heterocycles. The minimum absolute atomic E-state index is 0.116. The molecule has 1 unspecified atom stereocenters. The van der Waals surface area contributed by atoms with Crippen LogP contribution in [0.2, 0.25) is 0 Å². The molecule has 1 atom stereocenters. The fourth-order valence-electron chi connectivity index (χ4n) is 2.88. The van der Waals surface area contributed by atoms with E-state index < -0.39 is 21.2 Å². The number of benzene rings is 2. The molecule has 0 aliphatic carbocycles. The van der Waals surface area contributed by atoms with Gasteiger partial charge in [-0.25, -0.2) is 8.42 Å². The first kappa shape index (κ1) is 24.7. The van der Waals surface area contributed by atoms with Gasteiger partial charge in [-0.15, -0.1) is 0 Å². The molecule has 0 amide bonds. The van der Waals surface area contributed by atoms with Crippen LogP contribution < -0.4 is 9.47 Å². The highest BCUT2D eigenvalue weighted by Gasteiger charge is 2.35. The number of hydrogen-bond donors (Lipinski definition) is 0. The topological polar surface area (TPSA) is 82.1 Å². The summed E-state index contributed by atoms with van der Waals surface area (Å²) in [5.74, 6) is 0.630. The molecule has 0 saturated heterocycles. The van der Waals surface area contributed by atoms with Gasteiger partial charge in [-0.1, -0.05) is 37.6 Å². The lowest BCUT2D eigenvalue weighted by molar-refractivity contribution is -0.142. The lowest BCUT2D eigenvalue weighted by Crippen LogP contribution is -2.41. The molecule has 0 saturated carbocycles. The maximum absolute atomic E-state index is 13.3. The highest BCUT2D eigenvalue weighted by atomic mass is 32.2. The van der Waals surface area contributed by atoms with Gasteiger partial charge in [-0.2, -0.15) is 4.31 Å². The Bertz CT molecular complexity index is 876. The maximum Gasteiger partial charge on any atom is 0.325 e. The number of nitrogens with zero attached hydrogens (tertiary/aromatic N) is 1. The minimum atomic E-state index is -3.97. The first-order valence-electron chi connectivity index (χ1n) is 10.2. The maximum atomic E-state index is 13.3. The van der Waals surface area contributed by atoms with Crippen LogP contribution in [0.25, 0.3) is 0 Å². The smallest absolute Gasteiger partial charge is 0.325 e. The molecule has 7 nitrogen and oxygen atoms in total. The van der Waals surface area contributed by atoms with E-state index in [-0.39, 0.29) is 19.7 Å². The van der Waals surface area contributed by atoms with E-state index in [1.807, 2.05) is 6.92 Å². The summed E-state index contributed by atoms with van der Waals surface area (Å²) in [4.78, 5) is 12.4. The highest BCUT2D eigenvalue weighted by molar-refractivity contribution is 7.90. The fraction of sp³-hybridized carbons (Fsp3) is 0.435. The number of sulfonamides is 1. The van der Waals surface area contributed by atoms with Crippen molar-refractivity contribution in [1.29, 1.82) is 0 Å². The summed E-state index contributed by atoms with van der Waals surface area (Å²) in [5, 5.41) is -1.30. The van der Waals surface area contributed by atoms with Gasteiger partial charge in [0.25, 0.3) is 0 Å². The quantitative estimate of drug-likeness (QED) is 0.362. The lowest BCUT2D eigenvalue weighted by Gasteiger charge is -2.25. The number of ether oxygens (including phenoxy) is 3. The molecule has 0 heterocycles. The number of unbranched alkanes of at least 4 members (excludes halogenated alkanes) is 1. The Morgan fingerprint density at radius 2 is 1.35 bits per heavy atom. The van der Waals surface area contributed by atoms with Gasteiger partial charge in [0.2, 0.25) is 10.0 Å². The van der Waals surface area contributed by atoms with Crippen LogP contribution in [0.5, 0.6) is 11.5 Å². The number of carbonyl (C=O) groups excluding carboxylic acids is 1. The van der Waals surface area contributed by atoms with E-state index in [4.69, 9.17) is 14.2 Å². The number of esters is 1. The summed E-state index contributed by atoms with van der Waals surface area (Å²) in [6, 6.07) is 14.3. The normalized spacial score (nSPS) is 12.4. The molecule has 0 bridgehead atoms. The van der Waals surface area contributed by atoms with Crippen molar-refractivity contribution in [2.75, 3.05) is 20.8 Å². The van der Waals surface area contributed by atoms with Crippen LogP contribution >= 0.6 is 0 Å². The second-order valence-corrected chi connectivity index (χ2v) is 9.43. The molecular weight excluding hydrogens is 418 g/mol. The molecule has 2 aromatic rings. The molecule has 0 spiro atoms. The van der Waals surface area contributed by atoms with Gasteiger partial charge in [0.1, 0.15) is 11.5 Å². The van der Waals surface area contributed by atoms with Gasteiger partial charge in [0.05, 0.1) is 20.8 Å². The van der Waals surface area contributed by atoms with Gasteiger partial charge in [-0.3, -0.25) is 4.79 Å². The van der Waals surface area contributed by atoms with Crippen molar-refractivity contribution in [3.8, 4) is 11.5 Å². The Labute approximate surface area is 185 Å². The first-order valence-corrected chi connectivity index (χ1v) is 11.7. The molecule has 0 N–H and O–H groups in total. The van der Waals surface area contributed by atoms with E-state index >= 15 is 0 Å². The Balaban J connectivity index is 2.27. The Hall–Kier alpha value is -2.58. The summed E-state index contributed by atoms with van der Waals surface area (Å²) in [6.45, 7) is 3.79. The van der Waals surface area contributed by atoms with Crippen LogP contribution in [-0.2, 0) is 32.6 Å². The van der Waals surface area contributed by atoms with E-state index in [9.17, 15) is 13.2 Å². The van der Waals surface area contributed by atoms with Crippen LogP contribution in [0.15, 0.2) is 48.5 Å². The zero-order valence-electron chi connectivity index (χ0n) is 18.5. The summed E-state index contributed by atoms with van der Waals surface area (Å²) < 4.78 is 43.5. The van der Waals surface area contributed by atoms with E-state index in [1.54, 1.807) is 62.8 Å². The summed E-state index contributed by atoms with van der Waals surface area (Å²) >= 11 is 0. The molecule has 0 fully saturated rings. The van der Waals surface area contributed by atoms with Crippen molar-refractivity contribution in [2.45, 2.75) is 45.0 Å². The van der Waals surface area contributed by atoms with Crippen molar-refractivity contribution in [2.24, 2.45) is 0 Å². The van der Waals surface area contributed by atoms with Crippen molar-refractivity contribution < 1.29 is 27.4 Å². The van der Waals surface area contributed by atoms with E-state index in [0.717, 1.165) is 17.5 Å². The predicted molar refractivity (Wildman–Crippen MR) is 119 cm³/mol. The van der Waals surface area contributed by atoms with Crippen molar-refractivity contribution in [3.63, 3.8) is 0 Å². The van der Waals surface area contributed by atoms with Gasteiger partial charge in [0, 0.05) is 13.1 Å². The largest absolute Gasteiger partial charge is 0.497 e. The third kappa shape index (κ3) is 6.97. The molecule has 0 aliphatic heterocycles. The number of carbonyl (C=O) groups is 1. The molecule has 8 heteroatoms. The Kier molecular flexibility index (Phi) is 9.33. The average Bonchev–Trinajstić information content (AvgIpc) is 2.79. The second-order valence-electron chi connectivity index (χ2n) is 7.17. The average molecular weight is 450 g/mol. The Morgan fingerprint density at radius 3 is 1.74 bits per heavy atom. The fourth-order valence-corrected chi connectivity index (χ4v) is 4.30. The monoisotopic (exact) mass is 449 g/mol. The van der Waals surface area contributed by atoms with Crippen LogP contribution in [0.4, 0.5) is 0 Å². The number of rotatable bonds is 12. The summed E-state index contributed by atoms with van der Waals surface area (Å²) in [6.07, 6.45) is 1.55. The molecule has 2 aromatic carbocycles. The highest BCUT2D eigenvalue weighted by Crippen LogP contribution is 2.21. The van der Waals surface area contributed by atoms with Gasteiger partial charge in [0.15, 0.2) is 5.25 Å². The zero-order valence-corrected chi connectivity index (χ0v) is 19.4. The molecule has 31 heavy (non-hydrogen) atoms. The lowest BCUT2D eigenvalue weighted by atomic mass is 10.2. The van der Waals surface area contributed by atoms with Crippen molar-refractivity contribution in [3.05, 3.63) is 59.7 Å². The third-order valence-corrected chi connectivity index (χ3v) is 6.98. The van der Waals surface area contributed by atoms with Gasteiger partial charge < -0.3 is 14.2 Å². The van der Waals surface area contributed by atoms with Crippen molar-refractivity contribution >= 4 is 16.0 Å². The first-order chi connectivity index (χ1) is 14.8. The van der Waals surface area contributed by atoms with Gasteiger partial charge >= 0.3 is 5.97 Å². The van der Waals surface area contributed by atoms with Crippen molar-refractivity contribution in [1.82, 2.24) is 4.31 Å². The SMILES string of the molecule is CCCCOC(=O)C(C)S(=O)(=O)N(Cc1ccc(OC)cc1)Cc1ccc(OC)cc1. The standard InChI is InChI=1S/C23H31NO6S/c1-5-6-15-30-23(25)18(2)31(26,27)24(16-19-7-11-21(28-3)12-8-19)17-20-9-13-22(29-4)14-10-20/h7-14,18H,5-6,15-17H2,1-4H3. The third-order valence-electron chi connectivity index (χ3n) is 4.92. The second kappa shape index (κ2) is 11.7. The minimum Gasteiger partial charge on any atom is -0.497 e. The molecule has 2 rings (SSSR count). The number of hydrogen-bond acceptors (Lipinski definition) is 6. The molecule has 170 valence electrons. The number of methoxy groups -OCH3 is 2. The van der Waals surface area contributed by atoms with Crippen LogP contribution in [-0.4, -0.2) is 44.8 Å². The predicted octanol–water partition coefficient (Wildman–Crippen LogP) is 3.77. The molecule has 0 radical (unpaired) electrons. The van der Waals surface area contributed by atoms with E-state index in [0.29, 0.717) is 17.9 Å².